The Morgan fingerprint density at radius 2 is 0.644 bits per heavy atom. The summed E-state index contributed by atoms with van der Waals surface area (Å²) in [5, 5.41) is 10.6. The van der Waals surface area contributed by atoms with Crippen molar-refractivity contribution in [1.82, 2.24) is 0 Å². The van der Waals surface area contributed by atoms with E-state index >= 15 is 0 Å². The number of aliphatic hydroxyl groups is 1. The van der Waals surface area contributed by atoms with E-state index in [1.807, 2.05) is 0 Å². The average Bonchev–Trinajstić information content (AvgIpc) is 3.25. The summed E-state index contributed by atoms with van der Waals surface area (Å²) in [5.74, 6) is 3.40. The minimum atomic E-state index is -0.0641. The smallest absolute Gasteiger partial charge is 0.128 e. The Morgan fingerprint density at radius 1 is 0.322 bits per heavy atom. The number of unbranched alkanes of at least 4 members (excludes halogenated alkanes) is 28. The molecule has 2 aromatic carbocycles. The summed E-state index contributed by atoms with van der Waals surface area (Å²) in [5.41, 5.74) is 3.01. The second kappa shape index (κ2) is 38.5. The van der Waals surface area contributed by atoms with E-state index in [-0.39, 0.29) is 6.61 Å². The summed E-state index contributed by atoms with van der Waals surface area (Å²) in [4.78, 5) is 0. The molecule has 0 radical (unpaired) electrons. The fourth-order valence-electron chi connectivity index (χ4n) is 7.98. The van der Waals surface area contributed by atoms with E-state index in [9.17, 15) is 5.11 Å². The average molecular weight is 823 g/mol. The molecule has 0 bridgehead atoms. The van der Waals surface area contributed by atoms with E-state index < -0.39 is 0 Å². The van der Waals surface area contributed by atoms with Crippen LogP contribution in [0.2, 0.25) is 0 Å². The maximum Gasteiger partial charge on any atom is 0.128 e. The molecule has 0 aliphatic rings. The number of hydrogen-bond acceptors (Lipinski definition) is 5. The van der Waals surface area contributed by atoms with Crippen molar-refractivity contribution in [2.75, 3.05) is 26.4 Å². The van der Waals surface area contributed by atoms with Gasteiger partial charge in [-0.25, -0.2) is 0 Å². The molecule has 0 fully saturated rings. The zero-order chi connectivity index (χ0) is 42.3. The Morgan fingerprint density at radius 3 is 1.02 bits per heavy atom. The second-order valence-electron chi connectivity index (χ2n) is 17.5. The maximum atomic E-state index is 10.6. The van der Waals surface area contributed by atoms with Crippen LogP contribution in [0.15, 0.2) is 30.3 Å². The molecule has 0 spiro atoms. The van der Waals surface area contributed by atoms with E-state index in [1.54, 1.807) is 0 Å². The van der Waals surface area contributed by atoms with Crippen LogP contribution in [0.1, 0.15) is 250 Å². The largest absolute Gasteiger partial charge is 0.493 e. The minimum absolute atomic E-state index is 0.0641. The normalized spacial score (nSPS) is 11.3. The summed E-state index contributed by atoms with van der Waals surface area (Å²) in [6.07, 6.45) is 41.4. The molecule has 0 amide bonds. The van der Waals surface area contributed by atoms with E-state index in [4.69, 9.17) is 18.9 Å². The van der Waals surface area contributed by atoms with Gasteiger partial charge in [0, 0.05) is 24.1 Å². The molecule has 0 aliphatic carbocycles. The van der Waals surface area contributed by atoms with Gasteiger partial charge >= 0.3 is 0 Å². The Balaban J connectivity index is 2.15. The van der Waals surface area contributed by atoms with Crippen LogP contribution >= 0.6 is 0 Å². The SMILES string of the molecule is CCCCCCCCCCOc1ccc(Cc2cc(CO)c(OCCCCCCCCCC)cc2OCCCCCCCCCC)c(OCCCCCCCCCC)c1. The van der Waals surface area contributed by atoms with Gasteiger partial charge in [0.2, 0.25) is 0 Å². The van der Waals surface area contributed by atoms with Gasteiger partial charge in [-0.1, -0.05) is 214 Å². The first-order valence-corrected chi connectivity index (χ1v) is 25.6. The van der Waals surface area contributed by atoms with Gasteiger partial charge in [-0.3, -0.25) is 0 Å². The molecule has 59 heavy (non-hydrogen) atoms. The topological polar surface area (TPSA) is 57.2 Å². The molecule has 340 valence electrons. The van der Waals surface area contributed by atoms with Crippen molar-refractivity contribution in [1.29, 1.82) is 0 Å². The summed E-state index contributed by atoms with van der Waals surface area (Å²) in [7, 11) is 0. The third-order valence-corrected chi connectivity index (χ3v) is 11.9. The predicted octanol–water partition coefficient (Wildman–Crippen LogP) is 16.8. The molecule has 0 aliphatic heterocycles. The first-order valence-electron chi connectivity index (χ1n) is 25.6. The van der Waals surface area contributed by atoms with Crippen molar-refractivity contribution >= 4 is 0 Å². The van der Waals surface area contributed by atoms with Crippen molar-refractivity contribution in [3.8, 4) is 23.0 Å². The lowest BCUT2D eigenvalue weighted by atomic mass is 10.00. The Labute approximate surface area is 365 Å². The van der Waals surface area contributed by atoms with Crippen molar-refractivity contribution in [3.05, 3.63) is 47.0 Å². The third-order valence-electron chi connectivity index (χ3n) is 11.9. The summed E-state index contributed by atoms with van der Waals surface area (Å²) >= 11 is 0. The lowest BCUT2D eigenvalue weighted by Crippen LogP contribution is -2.07. The van der Waals surface area contributed by atoms with Gasteiger partial charge in [0.15, 0.2) is 0 Å². The highest BCUT2D eigenvalue weighted by Gasteiger charge is 2.16. The van der Waals surface area contributed by atoms with Gasteiger partial charge in [-0.2, -0.15) is 0 Å². The van der Waals surface area contributed by atoms with Gasteiger partial charge in [0.1, 0.15) is 23.0 Å². The highest BCUT2D eigenvalue weighted by atomic mass is 16.5. The highest BCUT2D eigenvalue weighted by Crippen LogP contribution is 2.35. The lowest BCUT2D eigenvalue weighted by Gasteiger charge is -2.19. The number of hydrogen-bond donors (Lipinski definition) is 1. The van der Waals surface area contributed by atoms with Crippen LogP contribution in [-0.2, 0) is 13.0 Å². The number of aliphatic hydroxyl groups excluding tert-OH is 1. The predicted molar refractivity (Wildman–Crippen MR) is 254 cm³/mol. The van der Waals surface area contributed by atoms with Crippen molar-refractivity contribution < 1.29 is 24.1 Å². The maximum absolute atomic E-state index is 10.6. The van der Waals surface area contributed by atoms with Crippen LogP contribution in [0.4, 0.5) is 0 Å². The van der Waals surface area contributed by atoms with Gasteiger partial charge in [-0.15, -0.1) is 0 Å². The molecule has 0 unspecified atom stereocenters. The van der Waals surface area contributed by atoms with E-state index in [0.29, 0.717) is 26.2 Å². The van der Waals surface area contributed by atoms with Crippen LogP contribution in [0.3, 0.4) is 0 Å². The fraction of sp³-hybridized carbons (Fsp3) is 0.778. The van der Waals surface area contributed by atoms with Crippen molar-refractivity contribution in [2.24, 2.45) is 0 Å². The van der Waals surface area contributed by atoms with E-state index in [0.717, 1.165) is 72.0 Å². The van der Waals surface area contributed by atoms with E-state index in [1.165, 1.54) is 180 Å². The molecular weight excluding hydrogens is 729 g/mol. The summed E-state index contributed by atoms with van der Waals surface area (Å²) in [6.45, 7) is 11.8. The zero-order valence-corrected chi connectivity index (χ0v) is 39.3. The number of ether oxygens (including phenoxy) is 4. The standard InChI is InChI=1S/C54H94O5/c1-5-9-13-17-21-25-29-33-39-56-51-38-37-48(52(45-51)57-40-34-30-26-22-18-14-10-6-2)43-49-44-50(47-55)54(59-42-36-32-28-24-20-16-12-8-4)46-53(49)58-41-35-31-27-23-19-15-11-7-3/h37-38,44-46,55H,5-36,39-43,47H2,1-4H3. The Hall–Kier alpha value is -2.40. The molecule has 0 aromatic heterocycles. The molecule has 0 saturated carbocycles. The molecule has 1 N–H and O–H groups in total. The zero-order valence-electron chi connectivity index (χ0n) is 39.3. The van der Waals surface area contributed by atoms with Gasteiger partial charge in [0.05, 0.1) is 33.0 Å². The molecule has 0 saturated heterocycles. The van der Waals surface area contributed by atoms with Crippen LogP contribution in [-0.4, -0.2) is 31.5 Å². The van der Waals surface area contributed by atoms with E-state index in [2.05, 4.69) is 58.0 Å². The third kappa shape index (κ3) is 27.2. The van der Waals surface area contributed by atoms with Crippen LogP contribution < -0.4 is 18.9 Å². The van der Waals surface area contributed by atoms with Gasteiger partial charge in [0.25, 0.3) is 0 Å². The Kier molecular flexibility index (Phi) is 34.4. The molecule has 2 aromatic rings. The van der Waals surface area contributed by atoms with Crippen LogP contribution in [0.25, 0.3) is 0 Å². The molecule has 0 heterocycles. The summed E-state index contributed by atoms with van der Waals surface area (Å²) < 4.78 is 25.9. The first-order chi connectivity index (χ1) is 29.2. The van der Waals surface area contributed by atoms with Gasteiger partial charge in [-0.05, 0) is 48.9 Å². The quantitative estimate of drug-likeness (QED) is 0.0675. The Bertz CT molecular complexity index is 1230. The monoisotopic (exact) mass is 823 g/mol. The molecule has 5 nitrogen and oxygen atoms in total. The molecule has 2 rings (SSSR count). The highest BCUT2D eigenvalue weighted by molar-refractivity contribution is 5.51. The second-order valence-corrected chi connectivity index (χ2v) is 17.5. The van der Waals surface area contributed by atoms with Crippen LogP contribution in [0.5, 0.6) is 23.0 Å². The van der Waals surface area contributed by atoms with Crippen molar-refractivity contribution in [3.63, 3.8) is 0 Å². The molecular formula is C54H94O5. The lowest BCUT2D eigenvalue weighted by molar-refractivity contribution is 0.256. The summed E-state index contributed by atoms with van der Waals surface area (Å²) in [6, 6.07) is 10.6. The molecule has 0 atom stereocenters. The molecule has 5 heteroatoms. The van der Waals surface area contributed by atoms with Gasteiger partial charge < -0.3 is 24.1 Å². The fourth-order valence-corrected chi connectivity index (χ4v) is 7.98. The van der Waals surface area contributed by atoms with Crippen molar-refractivity contribution in [2.45, 2.75) is 246 Å². The van der Waals surface area contributed by atoms with Crippen LogP contribution in [0, 0.1) is 0 Å². The number of benzene rings is 2. The minimum Gasteiger partial charge on any atom is -0.493 e. The first kappa shape index (κ1) is 52.7. The number of rotatable bonds is 43.